The number of aromatic nitrogens is 1. The van der Waals surface area contributed by atoms with Gasteiger partial charge in [-0.15, -0.1) is 0 Å². The maximum Gasteiger partial charge on any atom is 0.298 e. The monoisotopic (exact) mass is 449 g/mol. The minimum absolute atomic E-state index is 0.0152. The van der Waals surface area contributed by atoms with E-state index in [-0.39, 0.29) is 5.69 Å². The number of benzene rings is 2. The summed E-state index contributed by atoms with van der Waals surface area (Å²) in [6, 6.07) is 15.0. The number of methoxy groups -OCH3 is 1. The van der Waals surface area contributed by atoms with Crippen LogP contribution in [0, 0.1) is 24.0 Å². The average Bonchev–Trinajstić information content (AvgIpc) is 3.22. The summed E-state index contributed by atoms with van der Waals surface area (Å²) in [5, 5.41) is 10.5. The third-order valence-electron chi connectivity index (χ3n) is 5.20. The van der Waals surface area contributed by atoms with Crippen LogP contribution in [0.1, 0.15) is 17.0 Å². The van der Waals surface area contributed by atoms with Crippen LogP contribution in [0.2, 0.25) is 0 Å². The number of hydrogen-bond acceptors (Lipinski definition) is 6. The Hall–Kier alpha value is -3.85. The van der Waals surface area contributed by atoms with Gasteiger partial charge in [0, 0.05) is 29.2 Å². The molecule has 0 radical (unpaired) electrons. The molecular formula is C23H19N3O5S. The maximum absolute atomic E-state index is 13.1. The number of non-ortho nitro benzene ring substituents is 1. The van der Waals surface area contributed by atoms with Gasteiger partial charge in [0.05, 0.1) is 22.6 Å². The molecule has 32 heavy (non-hydrogen) atoms. The zero-order chi connectivity index (χ0) is 23.0. The molecule has 1 aromatic heterocycles. The highest BCUT2D eigenvalue weighted by atomic mass is 32.2. The molecule has 162 valence electrons. The number of nitrogens with zero attached hydrogens (tertiary/aromatic N) is 3. The third kappa shape index (κ3) is 3.67. The quantitative estimate of drug-likeness (QED) is 0.300. The van der Waals surface area contributed by atoms with Crippen molar-refractivity contribution in [2.75, 3.05) is 12.0 Å². The third-order valence-corrected chi connectivity index (χ3v) is 6.06. The van der Waals surface area contributed by atoms with Crippen molar-refractivity contribution in [3.8, 4) is 11.4 Å². The van der Waals surface area contributed by atoms with Gasteiger partial charge in [0.2, 0.25) is 0 Å². The molecule has 0 saturated carbocycles. The lowest BCUT2D eigenvalue weighted by Crippen LogP contribution is -2.28. The van der Waals surface area contributed by atoms with E-state index in [9.17, 15) is 19.7 Å². The highest BCUT2D eigenvalue weighted by molar-refractivity contribution is 8.19. The number of anilines is 1. The number of para-hydroxylation sites is 2. The lowest BCUT2D eigenvalue weighted by atomic mass is 10.2. The minimum Gasteiger partial charge on any atom is -0.495 e. The Balaban J connectivity index is 1.69. The summed E-state index contributed by atoms with van der Waals surface area (Å²) in [4.78, 5) is 37.6. The predicted octanol–water partition coefficient (Wildman–Crippen LogP) is 5.25. The van der Waals surface area contributed by atoms with Crippen LogP contribution in [0.5, 0.6) is 5.75 Å². The van der Waals surface area contributed by atoms with Crippen LogP contribution in [0.4, 0.5) is 16.2 Å². The number of nitro groups is 1. The molecule has 2 aromatic carbocycles. The molecule has 0 N–H and O–H groups in total. The molecule has 0 spiro atoms. The minimum atomic E-state index is -0.442. The Morgan fingerprint density at radius 3 is 2.41 bits per heavy atom. The van der Waals surface area contributed by atoms with Gasteiger partial charge in [-0.3, -0.25) is 19.7 Å². The van der Waals surface area contributed by atoms with Gasteiger partial charge in [0.15, 0.2) is 0 Å². The number of amides is 2. The van der Waals surface area contributed by atoms with Crippen molar-refractivity contribution in [3.05, 3.63) is 86.6 Å². The number of carbonyl (C=O) groups is 2. The molecule has 1 saturated heterocycles. The van der Waals surface area contributed by atoms with Crippen LogP contribution >= 0.6 is 11.8 Å². The standard InChI is InChI=1S/C23H19N3O5S/c1-14-12-16(15(2)24(14)17-8-10-18(11-9-17)26(29)30)13-21-22(27)25(23(28)32-21)19-6-4-5-7-20(19)31-3/h4-13H,1-3H3/b21-13+. The van der Waals surface area contributed by atoms with Gasteiger partial charge < -0.3 is 9.30 Å². The molecule has 4 rings (SSSR count). The fraction of sp³-hybridized carbons (Fsp3) is 0.130. The first-order valence-corrected chi connectivity index (χ1v) is 10.5. The van der Waals surface area contributed by atoms with E-state index in [1.54, 1.807) is 42.5 Å². The van der Waals surface area contributed by atoms with E-state index < -0.39 is 16.1 Å². The van der Waals surface area contributed by atoms with Crippen molar-refractivity contribution >= 4 is 40.4 Å². The molecule has 2 heterocycles. The van der Waals surface area contributed by atoms with E-state index in [0.29, 0.717) is 16.3 Å². The summed E-state index contributed by atoms with van der Waals surface area (Å²) in [6.45, 7) is 3.80. The molecular weight excluding hydrogens is 430 g/mol. The van der Waals surface area contributed by atoms with Crippen LogP contribution in [-0.4, -0.2) is 27.7 Å². The van der Waals surface area contributed by atoms with Crippen LogP contribution in [0.15, 0.2) is 59.5 Å². The van der Waals surface area contributed by atoms with Gasteiger partial charge in [0.25, 0.3) is 16.8 Å². The van der Waals surface area contributed by atoms with Crippen molar-refractivity contribution in [3.63, 3.8) is 0 Å². The molecule has 3 aromatic rings. The van der Waals surface area contributed by atoms with E-state index in [4.69, 9.17) is 4.74 Å². The molecule has 1 aliphatic rings. The number of imide groups is 1. The number of rotatable bonds is 5. The zero-order valence-corrected chi connectivity index (χ0v) is 18.4. The van der Waals surface area contributed by atoms with Crippen molar-refractivity contribution in [1.82, 2.24) is 4.57 Å². The molecule has 9 heteroatoms. The average molecular weight is 449 g/mol. The first kappa shape index (κ1) is 21.4. The molecule has 8 nitrogen and oxygen atoms in total. The summed E-state index contributed by atoms with van der Waals surface area (Å²) in [7, 11) is 1.49. The van der Waals surface area contributed by atoms with E-state index in [1.807, 2.05) is 24.5 Å². The maximum atomic E-state index is 13.1. The normalized spacial score (nSPS) is 15.0. The van der Waals surface area contributed by atoms with Gasteiger partial charge in [-0.25, -0.2) is 4.90 Å². The lowest BCUT2D eigenvalue weighted by Gasteiger charge is -2.15. The summed E-state index contributed by atoms with van der Waals surface area (Å²) in [5.74, 6) is 0.0250. The second-order valence-electron chi connectivity index (χ2n) is 7.12. The van der Waals surface area contributed by atoms with Crippen LogP contribution < -0.4 is 9.64 Å². The van der Waals surface area contributed by atoms with Crippen molar-refractivity contribution < 1.29 is 19.2 Å². The highest BCUT2D eigenvalue weighted by Crippen LogP contribution is 2.40. The lowest BCUT2D eigenvalue weighted by molar-refractivity contribution is -0.384. The Labute approximate surface area is 188 Å². The highest BCUT2D eigenvalue weighted by Gasteiger charge is 2.37. The summed E-state index contributed by atoms with van der Waals surface area (Å²) in [5.41, 5.74) is 3.71. The van der Waals surface area contributed by atoms with Gasteiger partial charge in [-0.05, 0) is 67.6 Å². The zero-order valence-electron chi connectivity index (χ0n) is 17.6. The van der Waals surface area contributed by atoms with Crippen molar-refractivity contribution in [2.24, 2.45) is 0 Å². The number of ether oxygens (including phenoxy) is 1. The Morgan fingerprint density at radius 1 is 1.06 bits per heavy atom. The smallest absolute Gasteiger partial charge is 0.298 e. The van der Waals surface area contributed by atoms with E-state index in [1.165, 1.54) is 19.2 Å². The summed E-state index contributed by atoms with van der Waals surface area (Å²) in [6.07, 6.45) is 1.70. The Morgan fingerprint density at radius 2 is 1.75 bits per heavy atom. The number of aryl methyl sites for hydroxylation is 1. The predicted molar refractivity (Wildman–Crippen MR) is 123 cm³/mol. The van der Waals surface area contributed by atoms with E-state index in [0.717, 1.165) is 39.3 Å². The molecule has 0 aliphatic carbocycles. The largest absolute Gasteiger partial charge is 0.495 e. The summed E-state index contributed by atoms with van der Waals surface area (Å²) < 4.78 is 7.24. The number of carbonyl (C=O) groups excluding carboxylic acids is 2. The van der Waals surface area contributed by atoms with Crippen molar-refractivity contribution in [1.29, 1.82) is 0 Å². The van der Waals surface area contributed by atoms with Gasteiger partial charge in [-0.2, -0.15) is 0 Å². The number of thioether (sulfide) groups is 1. The number of hydrogen-bond donors (Lipinski definition) is 0. The molecule has 1 fully saturated rings. The molecule has 0 unspecified atom stereocenters. The van der Waals surface area contributed by atoms with Gasteiger partial charge in [0.1, 0.15) is 5.75 Å². The Bertz CT molecular complexity index is 1280. The first-order chi connectivity index (χ1) is 15.3. The fourth-order valence-electron chi connectivity index (χ4n) is 3.69. The molecule has 0 bridgehead atoms. The molecule has 0 atom stereocenters. The van der Waals surface area contributed by atoms with Gasteiger partial charge in [-0.1, -0.05) is 12.1 Å². The van der Waals surface area contributed by atoms with Crippen LogP contribution in [0.25, 0.3) is 11.8 Å². The fourth-order valence-corrected chi connectivity index (χ4v) is 4.51. The van der Waals surface area contributed by atoms with Gasteiger partial charge >= 0.3 is 0 Å². The van der Waals surface area contributed by atoms with Crippen LogP contribution in [0.3, 0.4) is 0 Å². The molecule has 2 amide bonds. The van der Waals surface area contributed by atoms with E-state index in [2.05, 4.69) is 0 Å². The first-order valence-electron chi connectivity index (χ1n) is 9.66. The second-order valence-corrected chi connectivity index (χ2v) is 8.12. The van der Waals surface area contributed by atoms with E-state index >= 15 is 0 Å². The number of nitro benzene ring substituents is 1. The summed E-state index contributed by atoms with van der Waals surface area (Å²) >= 11 is 0.874. The second kappa shape index (κ2) is 8.35. The van der Waals surface area contributed by atoms with Crippen molar-refractivity contribution in [2.45, 2.75) is 13.8 Å². The molecule has 1 aliphatic heterocycles. The van der Waals surface area contributed by atoms with Crippen LogP contribution in [-0.2, 0) is 4.79 Å². The topological polar surface area (TPSA) is 94.7 Å². The Kier molecular flexibility index (Phi) is 5.58. The SMILES string of the molecule is COc1ccccc1N1C(=O)S/C(=C/c2cc(C)n(-c3ccc([N+](=O)[O-])cc3)c2C)C1=O.